The van der Waals surface area contributed by atoms with Gasteiger partial charge < -0.3 is 10.2 Å². The van der Waals surface area contributed by atoms with Crippen molar-refractivity contribution in [1.29, 1.82) is 0 Å². The van der Waals surface area contributed by atoms with E-state index in [1.165, 1.54) is 11.1 Å². The minimum atomic E-state index is 0. The predicted octanol–water partition coefficient (Wildman–Crippen LogP) is 2.47. The van der Waals surface area contributed by atoms with Crippen LogP contribution in [0.15, 0.2) is 24.3 Å². The van der Waals surface area contributed by atoms with Crippen molar-refractivity contribution in [3.8, 4) is 0 Å². The molecular formula is C15H23ClN2OS. The zero-order chi connectivity index (χ0) is 13.7. The van der Waals surface area contributed by atoms with Gasteiger partial charge in [-0.25, -0.2) is 0 Å². The molecule has 1 saturated heterocycles. The van der Waals surface area contributed by atoms with Gasteiger partial charge in [0.05, 0.1) is 5.75 Å². The van der Waals surface area contributed by atoms with Crippen LogP contribution in [0.3, 0.4) is 0 Å². The number of hydrogen-bond donors (Lipinski definition) is 1. The van der Waals surface area contributed by atoms with E-state index < -0.39 is 0 Å². The standard InChI is InChI=1S/C15H22N2OS.ClH/c1-12-3-5-14(6-4-12)10-19-11-15(18)17-8-7-16-9-13(17)2;/h3-6,13,16H,7-11H2,1-2H3;1H/t13-;/m0./s1. The summed E-state index contributed by atoms with van der Waals surface area (Å²) in [6.45, 7) is 6.86. The lowest BCUT2D eigenvalue weighted by Gasteiger charge is -2.34. The zero-order valence-corrected chi connectivity index (χ0v) is 13.7. The second kappa shape index (κ2) is 8.55. The SMILES string of the molecule is Cc1ccc(CSCC(=O)N2CCNC[C@@H]2C)cc1.Cl. The molecule has 112 valence electrons. The molecule has 0 spiro atoms. The van der Waals surface area contributed by atoms with Crippen LogP contribution in [0.5, 0.6) is 0 Å². The van der Waals surface area contributed by atoms with E-state index in [-0.39, 0.29) is 18.3 Å². The Kier molecular flexibility index (Phi) is 7.41. The van der Waals surface area contributed by atoms with Crippen molar-refractivity contribution >= 4 is 30.1 Å². The van der Waals surface area contributed by atoms with Gasteiger partial charge >= 0.3 is 0 Å². The second-order valence-corrected chi connectivity index (χ2v) is 6.10. The molecule has 1 aromatic rings. The molecule has 1 aromatic carbocycles. The van der Waals surface area contributed by atoms with Crippen LogP contribution in [-0.4, -0.2) is 42.2 Å². The molecule has 3 nitrogen and oxygen atoms in total. The number of nitrogens with one attached hydrogen (secondary N) is 1. The lowest BCUT2D eigenvalue weighted by Crippen LogP contribution is -2.52. The number of hydrogen-bond acceptors (Lipinski definition) is 3. The van der Waals surface area contributed by atoms with Gasteiger partial charge in [0, 0.05) is 31.4 Å². The van der Waals surface area contributed by atoms with Crippen LogP contribution >= 0.6 is 24.2 Å². The maximum Gasteiger partial charge on any atom is 0.232 e. The van der Waals surface area contributed by atoms with E-state index in [1.54, 1.807) is 11.8 Å². The fourth-order valence-corrected chi connectivity index (χ4v) is 3.11. The quantitative estimate of drug-likeness (QED) is 0.926. The highest BCUT2D eigenvalue weighted by Gasteiger charge is 2.22. The van der Waals surface area contributed by atoms with Gasteiger partial charge in [0.25, 0.3) is 0 Å². The van der Waals surface area contributed by atoms with Gasteiger partial charge in [-0.3, -0.25) is 4.79 Å². The average molecular weight is 315 g/mol. The summed E-state index contributed by atoms with van der Waals surface area (Å²) >= 11 is 1.70. The molecular weight excluding hydrogens is 292 g/mol. The first-order chi connectivity index (χ1) is 9.16. The van der Waals surface area contributed by atoms with Crippen molar-refractivity contribution in [2.24, 2.45) is 0 Å². The minimum absolute atomic E-state index is 0. The number of nitrogens with zero attached hydrogens (tertiary/aromatic N) is 1. The van der Waals surface area contributed by atoms with Crippen molar-refractivity contribution < 1.29 is 4.79 Å². The first kappa shape index (κ1) is 17.3. The van der Waals surface area contributed by atoms with E-state index in [9.17, 15) is 4.79 Å². The van der Waals surface area contributed by atoms with Gasteiger partial charge in [0.1, 0.15) is 0 Å². The topological polar surface area (TPSA) is 32.3 Å². The molecule has 5 heteroatoms. The predicted molar refractivity (Wildman–Crippen MR) is 88.6 cm³/mol. The number of aryl methyl sites for hydroxylation is 1. The maximum absolute atomic E-state index is 12.1. The zero-order valence-electron chi connectivity index (χ0n) is 12.1. The Hall–Kier alpha value is -0.710. The summed E-state index contributed by atoms with van der Waals surface area (Å²) in [4.78, 5) is 14.1. The molecule has 1 aliphatic rings. The van der Waals surface area contributed by atoms with Gasteiger partial charge in [-0.05, 0) is 19.4 Å². The molecule has 0 radical (unpaired) electrons. The summed E-state index contributed by atoms with van der Waals surface area (Å²) in [5, 5.41) is 3.31. The third kappa shape index (κ3) is 5.00. The Balaban J connectivity index is 0.00000200. The summed E-state index contributed by atoms with van der Waals surface area (Å²) in [6.07, 6.45) is 0. The second-order valence-electron chi connectivity index (χ2n) is 5.12. The number of carbonyl (C=O) groups excluding carboxylic acids is 1. The molecule has 1 fully saturated rings. The highest BCUT2D eigenvalue weighted by atomic mass is 35.5. The Morgan fingerprint density at radius 3 is 2.75 bits per heavy atom. The summed E-state index contributed by atoms with van der Waals surface area (Å²) in [5.41, 5.74) is 2.57. The largest absolute Gasteiger partial charge is 0.337 e. The number of amides is 1. The fraction of sp³-hybridized carbons (Fsp3) is 0.533. The molecule has 1 amide bonds. The van der Waals surface area contributed by atoms with Crippen LogP contribution in [0.4, 0.5) is 0 Å². The summed E-state index contributed by atoms with van der Waals surface area (Å²) in [5.74, 6) is 1.76. The van der Waals surface area contributed by atoms with E-state index >= 15 is 0 Å². The van der Waals surface area contributed by atoms with E-state index in [2.05, 4.69) is 43.4 Å². The lowest BCUT2D eigenvalue weighted by atomic mass is 10.2. The van der Waals surface area contributed by atoms with Crippen LogP contribution in [0.1, 0.15) is 18.1 Å². The average Bonchev–Trinajstić information content (AvgIpc) is 2.41. The molecule has 1 N–H and O–H groups in total. The Bertz CT molecular complexity index is 424. The third-order valence-electron chi connectivity index (χ3n) is 3.44. The Morgan fingerprint density at radius 1 is 1.40 bits per heavy atom. The smallest absolute Gasteiger partial charge is 0.232 e. The molecule has 0 unspecified atom stereocenters. The molecule has 1 aliphatic heterocycles. The summed E-state index contributed by atoms with van der Waals surface area (Å²) in [6, 6.07) is 8.84. The van der Waals surface area contributed by atoms with Crippen molar-refractivity contribution in [3.05, 3.63) is 35.4 Å². The monoisotopic (exact) mass is 314 g/mol. The van der Waals surface area contributed by atoms with Crippen LogP contribution in [0.2, 0.25) is 0 Å². The number of carbonyl (C=O) groups is 1. The number of piperazine rings is 1. The van der Waals surface area contributed by atoms with Gasteiger partial charge in [-0.15, -0.1) is 24.2 Å². The third-order valence-corrected chi connectivity index (χ3v) is 4.43. The van der Waals surface area contributed by atoms with Crippen molar-refractivity contribution in [1.82, 2.24) is 10.2 Å². The van der Waals surface area contributed by atoms with Gasteiger partial charge in [-0.1, -0.05) is 29.8 Å². The number of benzene rings is 1. The minimum Gasteiger partial charge on any atom is -0.337 e. The Labute approximate surface area is 131 Å². The normalized spacial score (nSPS) is 18.5. The fourth-order valence-electron chi connectivity index (χ4n) is 2.23. The van der Waals surface area contributed by atoms with Crippen LogP contribution in [0.25, 0.3) is 0 Å². The first-order valence-electron chi connectivity index (χ1n) is 6.80. The highest BCUT2D eigenvalue weighted by molar-refractivity contribution is 7.99. The van der Waals surface area contributed by atoms with Crippen LogP contribution < -0.4 is 5.32 Å². The first-order valence-corrected chi connectivity index (χ1v) is 7.96. The number of rotatable bonds is 4. The highest BCUT2D eigenvalue weighted by Crippen LogP contribution is 2.14. The molecule has 20 heavy (non-hydrogen) atoms. The molecule has 1 heterocycles. The number of halogens is 1. The summed E-state index contributed by atoms with van der Waals surface area (Å²) < 4.78 is 0. The van der Waals surface area contributed by atoms with Crippen molar-refractivity contribution in [2.45, 2.75) is 25.6 Å². The van der Waals surface area contributed by atoms with Crippen LogP contribution in [0, 0.1) is 6.92 Å². The molecule has 0 aromatic heterocycles. The van der Waals surface area contributed by atoms with Crippen LogP contribution in [-0.2, 0) is 10.5 Å². The molecule has 1 atom stereocenters. The molecule has 0 aliphatic carbocycles. The lowest BCUT2D eigenvalue weighted by molar-refractivity contribution is -0.131. The maximum atomic E-state index is 12.1. The van der Waals surface area contributed by atoms with Crippen molar-refractivity contribution in [2.75, 3.05) is 25.4 Å². The van der Waals surface area contributed by atoms with Gasteiger partial charge in [-0.2, -0.15) is 0 Å². The summed E-state index contributed by atoms with van der Waals surface area (Å²) in [7, 11) is 0. The van der Waals surface area contributed by atoms with E-state index in [0.717, 1.165) is 25.4 Å². The number of thioether (sulfide) groups is 1. The Morgan fingerprint density at radius 2 is 2.10 bits per heavy atom. The van der Waals surface area contributed by atoms with E-state index in [1.807, 2.05) is 4.90 Å². The van der Waals surface area contributed by atoms with E-state index in [0.29, 0.717) is 11.8 Å². The van der Waals surface area contributed by atoms with Gasteiger partial charge in [0.2, 0.25) is 5.91 Å². The molecule has 0 bridgehead atoms. The van der Waals surface area contributed by atoms with Gasteiger partial charge in [0.15, 0.2) is 0 Å². The molecule has 0 saturated carbocycles. The van der Waals surface area contributed by atoms with Crippen molar-refractivity contribution in [3.63, 3.8) is 0 Å². The van der Waals surface area contributed by atoms with E-state index in [4.69, 9.17) is 0 Å². The molecule has 2 rings (SSSR count).